The van der Waals surface area contributed by atoms with Crippen LogP contribution in [0.3, 0.4) is 0 Å². The summed E-state index contributed by atoms with van der Waals surface area (Å²) in [4.78, 5) is 0. The lowest BCUT2D eigenvalue weighted by Crippen LogP contribution is -2.50. The molecule has 3 rings (SSSR count). The predicted molar refractivity (Wildman–Crippen MR) is 74.4 cm³/mol. The van der Waals surface area contributed by atoms with Crippen molar-refractivity contribution in [2.24, 2.45) is 23.5 Å². The zero-order valence-electron chi connectivity index (χ0n) is 11.9. The number of ether oxygens (including phenoxy) is 1. The van der Waals surface area contributed by atoms with E-state index in [1.54, 1.807) is 0 Å². The molecule has 104 valence electrons. The van der Waals surface area contributed by atoms with Crippen LogP contribution in [0.25, 0.3) is 0 Å². The molecule has 2 N–H and O–H groups in total. The predicted octanol–water partition coefficient (Wildman–Crippen LogP) is 3.49. The summed E-state index contributed by atoms with van der Waals surface area (Å²) in [6, 6.07) is 0.466. The molecule has 2 saturated carbocycles. The maximum absolute atomic E-state index is 6.43. The van der Waals surface area contributed by atoms with Gasteiger partial charge in [0.05, 0.1) is 5.60 Å². The molecule has 3 aliphatic rings. The normalized spacial score (nSPS) is 43.7. The molecule has 0 aromatic heterocycles. The molecule has 2 aliphatic carbocycles. The van der Waals surface area contributed by atoms with E-state index < -0.39 is 0 Å². The Balaban J connectivity index is 1.64. The quantitative estimate of drug-likeness (QED) is 0.815. The van der Waals surface area contributed by atoms with Gasteiger partial charge in [-0.15, -0.1) is 0 Å². The van der Waals surface area contributed by atoms with Crippen molar-refractivity contribution < 1.29 is 4.74 Å². The van der Waals surface area contributed by atoms with Crippen LogP contribution in [0.1, 0.15) is 64.7 Å². The van der Waals surface area contributed by atoms with Crippen LogP contribution in [-0.2, 0) is 4.74 Å². The zero-order valence-corrected chi connectivity index (χ0v) is 11.9. The SMILES string of the molecule is CCC1CCC(N)C(C2CCOC3(CCC3)C2)C1. The fraction of sp³-hybridized carbons (Fsp3) is 1.00. The minimum atomic E-state index is 0.293. The molecule has 1 heterocycles. The molecule has 1 aliphatic heterocycles. The first-order chi connectivity index (χ1) is 8.72. The molecular weight excluding hydrogens is 222 g/mol. The highest BCUT2D eigenvalue weighted by atomic mass is 16.5. The summed E-state index contributed by atoms with van der Waals surface area (Å²) in [5.41, 5.74) is 6.73. The van der Waals surface area contributed by atoms with Crippen molar-refractivity contribution in [1.82, 2.24) is 0 Å². The van der Waals surface area contributed by atoms with Crippen LogP contribution < -0.4 is 5.73 Å². The molecule has 4 unspecified atom stereocenters. The van der Waals surface area contributed by atoms with E-state index in [9.17, 15) is 0 Å². The van der Waals surface area contributed by atoms with Gasteiger partial charge >= 0.3 is 0 Å². The third-order valence-corrected chi connectivity index (χ3v) is 6.04. The zero-order chi connectivity index (χ0) is 12.6. The van der Waals surface area contributed by atoms with Crippen LogP contribution in [0.5, 0.6) is 0 Å². The van der Waals surface area contributed by atoms with Gasteiger partial charge in [0.1, 0.15) is 0 Å². The fourth-order valence-corrected chi connectivity index (χ4v) is 4.58. The second-order valence-corrected chi connectivity index (χ2v) is 7.05. The Hall–Kier alpha value is -0.0800. The van der Waals surface area contributed by atoms with Gasteiger partial charge in [-0.05, 0) is 69.1 Å². The molecule has 4 atom stereocenters. The lowest BCUT2D eigenvalue weighted by molar-refractivity contribution is -0.153. The van der Waals surface area contributed by atoms with E-state index in [0.29, 0.717) is 11.6 Å². The molecule has 0 bridgehead atoms. The molecule has 2 nitrogen and oxygen atoms in total. The van der Waals surface area contributed by atoms with Gasteiger partial charge < -0.3 is 10.5 Å². The van der Waals surface area contributed by atoms with Crippen LogP contribution in [0.15, 0.2) is 0 Å². The van der Waals surface area contributed by atoms with Crippen molar-refractivity contribution in [2.45, 2.75) is 76.4 Å². The maximum Gasteiger partial charge on any atom is 0.0685 e. The van der Waals surface area contributed by atoms with Gasteiger partial charge in [-0.25, -0.2) is 0 Å². The van der Waals surface area contributed by atoms with Gasteiger partial charge in [-0.1, -0.05) is 13.3 Å². The van der Waals surface area contributed by atoms with Crippen molar-refractivity contribution in [1.29, 1.82) is 0 Å². The average molecular weight is 251 g/mol. The maximum atomic E-state index is 6.43. The van der Waals surface area contributed by atoms with E-state index in [-0.39, 0.29) is 0 Å². The van der Waals surface area contributed by atoms with Crippen molar-refractivity contribution in [3.63, 3.8) is 0 Å². The third-order valence-electron chi connectivity index (χ3n) is 6.04. The van der Waals surface area contributed by atoms with Gasteiger partial charge in [-0.2, -0.15) is 0 Å². The second kappa shape index (κ2) is 5.13. The van der Waals surface area contributed by atoms with E-state index >= 15 is 0 Å². The Bertz CT molecular complexity index is 287. The van der Waals surface area contributed by atoms with Crippen molar-refractivity contribution in [2.75, 3.05) is 6.61 Å². The third kappa shape index (κ3) is 2.34. The van der Waals surface area contributed by atoms with Crippen LogP contribution in [-0.4, -0.2) is 18.2 Å². The molecule has 18 heavy (non-hydrogen) atoms. The minimum Gasteiger partial charge on any atom is -0.375 e. The summed E-state index contributed by atoms with van der Waals surface area (Å²) in [5.74, 6) is 2.57. The highest BCUT2D eigenvalue weighted by Crippen LogP contribution is 2.48. The van der Waals surface area contributed by atoms with E-state index in [0.717, 1.165) is 24.4 Å². The highest BCUT2D eigenvalue weighted by molar-refractivity contribution is 4.97. The highest BCUT2D eigenvalue weighted by Gasteiger charge is 2.45. The molecule has 0 radical (unpaired) electrons. The molecule has 2 heteroatoms. The largest absolute Gasteiger partial charge is 0.375 e. The molecule has 0 aromatic rings. The number of rotatable bonds is 2. The van der Waals surface area contributed by atoms with Crippen LogP contribution in [0, 0.1) is 17.8 Å². The Morgan fingerprint density at radius 2 is 2.06 bits per heavy atom. The Morgan fingerprint density at radius 3 is 2.72 bits per heavy atom. The van der Waals surface area contributed by atoms with Gasteiger partial charge in [0.2, 0.25) is 0 Å². The molecular formula is C16H29NO. The number of hydrogen-bond acceptors (Lipinski definition) is 2. The van der Waals surface area contributed by atoms with Crippen molar-refractivity contribution >= 4 is 0 Å². The van der Waals surface area contributed by atoms with Gasteiger partial charge in [0.25, 0.3) is 0 Å². The summed E-state index contributed by atoms with van der Waals surface area (Å²) < 4.78 is 6.07. The summed E-state index contributed by atoms with van der Waals surface area (Å²) in [6.45, 7) is 3.33. The van der Waals surface area contributed by atoms with Crippen LogP contribution >= 0.6 is 0 Å². The summed E-state index contributed by atoms with van der Waals surface area (Å²) in [6.07, 6.45) is 11.9. The topological polar surface area (TPSA) is 35.2 Å². The standard InChI is InChI=1S/C16H29NO/c1-2-12-4-5-15(17)14(10-12)13-6-9-18-16(11-13)7-3-8-16/h12-15H,2-11,17H2,1H3. The van der Waals surface area contributed by atoms with E-state index in [4.69, 9.17) is 10.5 Å². The Kier molecular flexibility index (Phi) is 3.68. The van der Waals surface area contributed by atoms with Crippen LogP contribution in [0.4, 0.5) is 0 Å². The van der Waals surface area contributed by atoms with E-state index in [1.807, 2.05) is 0 Å². The first kappa shape index (κ1) is 12.9. The van der Waals surface area contributed by atoms with Gasteiger partial charge in [-0.3, -0.25) is 0 Å². The Morgan fingerprint density at radius 1 is 1.22 bits per heavy atom. The first-order valence-corrected chi connectivity index (χ1v) is 8.12. The number of nitrogens with two attached hydrogens (primary N) is 1. The molecule has 3 fully saturated rings. The monoisotopic (exact) mass is 251 g/mol. The first-order valence-electron chi connectivity index (χ1n) is 8.12. The minimum absolute atomic E-state index is 0.293. The lowest BCUT2D eigenvalue weighted by Gasteiger charge is -2.50. The van der Waals surface area contributed by atoms with Gasteiger partial charge in [0.15, 0.2) is 0 Å². The molecule has 0 amide bonds. The Labute approximate surface area is 112 Å². The molecule has 1 spiro atoms. The molecule has 1 saturated heterocycles. The molecule has 0 aromatic carbocycles. The smallest absolute Gasteiger partial charge is 0.0685 e. The van der Waals surface area contributed by atoms with Crippen molar-refractivity contribution in [3.05, 3.63) is 0 Å². The van der Waals surface area contributed by atoms with E-state index in [1.165, 1.54) is 57.8 Å². The summed E-state index contributed by atoms with van der Waals surface area (Å²) in [5, 5.41) is 0. The average Bonchev–Trinajstić information content (AvgIpc) is 2.38. The summed E-state index contributed by atoms with van der Waals surface area (Å²) in [7, 11) is 0. The fourth-order valence-electron chi connectivity index (χ4n) is 4.58. The lowest BCUT2D eigenvalue weighted by atomic mass is 9.64. The number of hydrogen-bond donors (Lipinski definition) is 1. The van der Waals surface area contributed by atoms with Gasteiger partial charge in [0, 0.05) is 12.6 Å². The second-order valence-electron chi connectivity index (χ2n) is 7.05. The van der Waals surface area contributed by atoms with E-state index in [2.05, 4.69) is 6.92 Å². The van der Waals surface area contributed by atoms with Crippen LogP contribution in [0.2, 0.25) is 0 Å². The van der Waals surface area contributed by atoms with Crippen molar-refractivity contribution in [3.8, 4) is 0 Å². The summed E-state index contributed by atoms with van der Waals surface area (Å²) >= 11 is 0.